The Bertz CT molecular complexity index is 241. The molecule has 2 N–H and O–H groups in total. The second-order valence-electron chi connectivity index (χ2n) is 5.28. The van der Waals surface area contributed by atoms with Crippen LogP contribution in [0.15, 0.2) is 0 Å². The summed E-state index contributed by atoms with van der Waals surface area (Å²) < 4.78 is 0. The maximum atomic E-state index is 11.0. The number of aliphatic carboxylic acids is 1. The van der Waals surface area contributed by atoms with Gasteiger partial charge in [-0.15, -0.1) is 0 Å². The van der Waals surface area contributed by atoms with Crippen molar-refractivity contribution in [1.29, 1.82) is 0 Å². The van der Waals surface area contributed by atoms with Gasteiger partial charge in [-0.2, -0.15) is 0 Å². The van der Waals surface area contributed by atoms with Crippen LogP contribution in [0.4, 0.5) is 0 Å². The van der Waals surface area contributed by atoms with Crippen LogP contribution in [0.5, 0.6) is 0 Å². The monoisotopic (exact) mass is 214 g/mol. The van der Waals surface area contributed by atoms with Gasteiger partial charge >= 0.3 is 5.97 Å². The Kier molecular flexibility index (Phi) is 3.73. The quantitative estimate of drug-likeness (QED) is 0.729. The Morgan fingerprint density at radius 2 is 2.13 bits per heavy atom. The smallest absolute Gasteiger partial charge is 0.310 e. The minimum absolute atomic E-state index is 0.417. The average Bonchev–Trinajstić information content (AvgIpc) is 2.10. The first-order valence-electron chi connectivity index (χ1n) is 5.54. The van der Waals surface area contributed by atoms with E-state index in [9.17, 15) is 4.79 Å². The van der Waals surface area contributed by atoms with Crippen LogP contribution >= 0.6 is 0 Å². The van der Waals surface area contributed by atoms with Crippen molar-refractivity contribution in [2.45, 2.75) is 39.8 Å². The summed E-state index contributed by atoms with van der Waals surface area (Å²) in [6, 6.07) is 0.866. The van der Waals surface area contributed by atoms with Crippen molar-refractivity contribution < 1.29 is 9.90 Å². The van der Waals surface area contributed by atoms with Gasteiger partial charge in [0.1, 0.15) is 0 Å². The molecule has 1 fully saturated rings. The third-order valence-electron chi connectivity index (χ3n) is 3.07. The molecule has 0 spiro atoms. The van der Waals surface area contributed by atoms with Crippen LogP contribution in [0, 0.1) is 5.41 Å². The van der Waals surface area contributed by atoms with Gasteiger partial charge in [-0.1, -0.05) is 0 Å². The molecule has 0 radical (unpaired) electrons. The minimum Gasteiger partial charge on any atom is -0.481 e. The Morgan fingerprint density at radius 1 is 1.53 bits per heavy atom. The summed E-state index contributed by atoms with van der Waals surface area (Å²) in [5, 5.41) is 12.5. The average molecular weight is 214 g/mol. The van der Waals surface area contributed by atoms with Crippen LogP contribution in [0.3, 0.4) is 0 Å². The van der Waals surface area contributed by atoms with Gasteiger partial charge in [0.25, 0.3) is 0 Å². The van der Waals surface area contributed by atoms with Crippen molar-refractivity contribution in [2.24, 2.45) is 5.41 Å². The molecule has 4 heteroatoms. The van der Waals surface area contributed by atoms with Crippen molar-refractivity contribution in [2.75, 3.05) is 19.6 Å². The van der Waals surface area contributed by atoms with Gasteiger partial charge in [0.2, 0.25) is 0 Å². The number of nitrogens with zero attached hydrogens (tertiary/aromatic N) is 1. The number of hydrogen-bond donors (Lipinski definition) is 2. The van der Waals surface area contributed by atoms with Crippen LogP contribution in [0.1, 0.15) is 27.7 Å². The number of carboxylic acids is 1. The summed E-state index contributed by atoms with van der Waals surface area (Å²) in [5.41, 5.74) is -0.661. The van der Waals surface area contributed by atoms with Gasteiger partial charge in [-0.05, 0) is 27.7 Å². The van der Waals surface area contributed by atoms with Gasteiger partial charge in [0, 0.05) is 31.7 Å². The molecule has 0 saturated carbocycles. The van der Waals surface area contributed by atoms with E-state index >= 15 is 0 Å². The van der Waals surface area contributed by atoms with E-state index in [0.29, 0.717) is 18.6 Å². The van der Waals surface area contributed by atoms with E-state index in [1.54, 1.807) is 13.8 Å². The lowest BCUT2D eigenvalue weighted by Gasteiger charge is -2.40. The van der Waals surface area contributed by atoms with E-state index in [-0.39, 0.29) is 0 Å². The highest BCUT2D eigenvalue weighted by Crippen LogP contribution is 2.20. The summed E-state index contributed by atoms with van der Waals surface area (Å²) in [4.78, 5) is 13.3. The van der Waals surface area contributed by atoms with E-state index in [1.165, 1.54) is 0 Å². The Morgan fingerprint density at radius 3 is 2.67 bits per heavy atom. The highest BCUT2D eigenvalue weighted by atomic mass is 16.4. The fourth-order valence-electron chi connectivity index (χ4n) is 1.89. The molecule has 2 atom stereocenters. The zero-order valence-corrected chi connectivity index (χ0v) is 10.1. The maximum absolute atomic E-state index is 11.0. The zero-order valence-electron chi connectivity index (χ0n) is 10.1. The number of carboxylic acid groups (broad SMARTS) is 1. The first-order valence-corrected chi connectivity index (χ1v) is 5.54. The predicted molar refractivity (Wildman–Crippen MR) is 59.9 cm³/mol. The zero-order chi connectivity index (χ0) is 11.6. The van der Waals surface area contributed by atoms with Crippen molar-refractivity contribution in [3.05, 3.63) is 0 Å². The molecule has 0 aromatic heterocycles. The summed E-state index contributed by atoms with van der Waals surface area (Å²) in [5.74, 6) is -0.721. The molecule has 1 heterocycles. The van der Waals surface area contributed by atoms with E-state index in [2.05, 4.69) is 24.1 Å². The molecular formula is C11H22N2O2. The maximum Gasteiger partial charge on any atom is 0.310 e. The van der Waals surface area contributed by atoms with Gasteiger partial charge in [0.15, 0.2) is 0 Å². The predicted octanol–water partition coefficient (Wildman–Crippen LogP) is 0.779. The molecule has 0 unspecified atom stereocenters. The molecule has 1 aliphatic rings. The number of nitrogens with one attached hydrogen (secondary N) is 1. The summed E-state index contributed by atoms with van der Waals surface area (Å²) in [6.45, 7) is 10.3. The summed E-state index contributed by atoms with van der Waals surface area (Å²) in [7, 11) is 0. The molecule has 1 rings (SSSR count). The number of hydrogen-bond acceptors (Lipinski definition) is 3. The third-order valence-corrected chi connectivity index (χ3v) is 3.07. The van der Waals surface area contributed by atoms with E-state index < -0.39 is 11.4 Å². The van der Waals surface area contributed by atoms with E-state index in [0.717, 1.165) is 13.1 Å². The second-order valence-corrected chi connectivity index (χ2v) is 5.28. The molecule has 1 saturated heterocycles. The molecule has 1 aliphatic heterocycles. The first kappa shape index (κ1) is 12.5. The van der Waals surface area contributed by atoms with Crippen molar-refractivity contribution in [3.63, 3.8) is 0 Å². The molecule has 15 heavy (non-hydrogen) atoms. The topological polar surface area (TPSA) is 52.6 Å². The van der Waals surface area contributed by atoms with Crippen LogP contribution in [0.2, 0.25) is 0 Å². The number of piperazine rings is 1. The number of carbonyl (C=O) groups is 1. The standard InChI is InChI=1S/C11H22N2O2/c1-8-6-13(9(2)5-12-8)7-11(3,4)10(14)15/h8-9,12H,5-7H2,1-4H3,(H,14,15)/t8-,9+/m0/s1. The Labute approximate surface area is 91.6 Å². The van der Waals surface area contributed by atoms with Gasteiger partial charge in [-0.3, -0.25) is 9.69 Å². The molecule has 0 aliphatic carbocycles. The highest BCUT2D eigenvalue weighted by molar-refractivity contribution is 5.73. The number of rotatable bonds is 3. The normalized spacial score (nSPS) is 29.1. The van der Waals surface area contributed by atoms with Crippen LogP contribution in [0.25, 0.3) is 0 Å². The van der Waals surface area contributed by atoms with Gasteiger partial charge < -0.3 is 10.4 Å². The largest absolute Gasteiger partial charge is 0.481 e. The highest BCUT2D eigenvalue weighted by Gasteiger charge is 2.33. The third kappa shape index (κ3) is 3.18. The SMILES string of the molecule is C[C@@H]1CN[C@@H](C)CN1CC(C)(C)C(=O)O. The van der Waals surface area contributed by atoms with Crippen LogP contribution in [-0.4, -0.2) is 47.7 Å². The fraction of sp³-hybridized carbons (Fsp3) is 0.909. The lowest BCUT2D eigenvalue weighted by molar-refractivity contribution is -0.148. The van der Waals surface area contributed by atoms with Crippen LogP contribution in [-0.2, 0) is 4.79 Å². The lowest BCUT2D eigenvalue weighted by Crippen LogP contribution is -2.57. The van der Waals surface area contributed by atoms with Crippen molar-refractivity contribution in [1.82, 2.24) is 10.2 Å². The van der Waals surface area contributed by atoms with E-state index in [4.69, 9.17) is 5.11 Å². The van der Waals surface area contributed by atoms with Crippen molar-refractivity contribution in [3.8, 4) is 0 Å². The molecule has 0 amide bonds. The molecule has 4 nitrogen and oxygen atoms in total. The minimum atomic E-state index is -0.721. The Balaban J connectivity index is 2.59. The van der Waals surface area contributed by atoms with Crippen LogP contribution < -0.4 is 5.32 Å². The van der Waals surface area contributed by atoms with Gasteiger partial charge in [0.05, 0.1) is 5.41 Å². The summed E-state index contributed by atoms with van der Waals surface area (Å²) >= 11 is 0. The van der Waals surface area contributed by atoms with E-state index in [1.807, 2.05) is 0 Å². The first-order chi connectivity index (χ1) is 6.83. The molecule has 0 aromatic rings. The molecule has 88 valence electrons. The fourth-order valence-corrected chi connectivity index (χ4v) is 1.89. The molecule has 0 aromatic carbocycles. The Hall–Kier alpha value is -0.610. The van der Waals surface area contributed by atoms with Crippen molar-refractivity contribution >= 4 is 5.97 Å². The molecular weight excluding hydrogens is 192 g/mol. The summed E-state index contributed by atoms with van der Waals surface area (Å²) in [6.07, 6.45) is 0. The van der Waals surface area contributed by atoms with Gasteiger partial charge in [-0.25, -0.2) is 0 Å². The molecule has 0 bridgehead atoms. The lowest BCUT2D eigenvalue weighted by atomic mass is 9.92. The second kappa shape index (κ2) is 4.49.